The number of carbonyl (C=O) groups excluding carboxylic acids is 1. The summed E-state index contributed by atoms with van der Waals surface area (Å²) in [4.78, 5) is 35.1. The number of benzene rings is 1. The number of aromatic amines is 2. The molecule has 1 aromatic heterocycles. The summed E-state index contributed by atoms with van der Waals surface area (Å²) in [6, 6.07) is 4.32. The maximum absolute atomic E-state index is 11.8. The predicted octanol–water partition coefficient (Wildman–Crippen LogP) is 1.14. The highest BCUT2D eigenvalue weighted by Gasteiger charge is 2.10. The number of carbonyl (C=O) groups is 1. The Morgan fingerprint density at radius 1 is 1.20 bits per heavy atom. The normalized spacial score (nSPS) is 10.4. The molecule has 0 atom stereocenters. The van der Waals surface area contributed by atoms with Crippen LogP contribution in [-0.2, 0) is 0 Å². The lowest BCUT2D eigenvalue weighted by atomic mass is 10.1. The summed E-state index contributed by atoms with van der Waals surface area (Å²) in [5.41, 5.74) is -0.553. The number of hydrogen-bond acceptors (Lipinski definition) is 3. The first kappa shape index (κ1) is 13.9. The number of fused-ring (bicyclic) bond motifs is 1. The van der Waals surface area contributed by atoms with Gasteiger partial charge in [0.25, 0.3) is 11.1 Å². The van der Waals surface area contributed by atoms with E-state index in [1.165, 1.54) is 6.07 Å². The zero-order valence-electron chi connectivity index (χ0n) is 11.1. The lowest BCUT2D eigenvalue weighted by Crippen LogP contribution is -2.30. The first-order chi connectivity index (χ1) is 9.63. The van der Waals surface area contributed by atoms with E-state index in [1.807, 2.05) is 6.92 Å². The van der Waals surface area contributed by atoms with Gasteiger partial charge >= 0.3 is 6.03 Å². The molecule has 0 aliphatic heterocycles. The van der Waals surface area contributed by atoms with Crippen molar-refractivity contribution in [2.45, 2.75) is 19.8 Å². The number of urea groups is 1. The average molecular weight is 276 g/mol. The lowest BCUT2D eigenvalue weighted by molar-refractivity contribution is 0.252. The smallest absolute Gasteiger partial charge is 0.319 e. The van der Waals surface area contributed by atoms with Gasteiger partial charge in [-0.05, 0) is 18.6 Å². The van der Waals surface area contributed by atoms with Gasteiger partial charge in [-0.3, -0.25) is 19.8 Å². The number of anilines is 1. The van der Waals surface area contributed by atoms with Crippen LogP contribution in [0.1, 0.15) is 19.8 Å². The van der Waals surface area contributed by atoms with E-state index in [0.717, 1.165) is 12.8 Å². The fraction of sp³-hybridized carbons (Fsp3) is 0.308. The third kappa shape index (κ3) is 2.87. The number of unbranched alkanes of at least 4 members (excludes halogenated alkanes) is 1. The minimum atomic E-state index is -0.455. The highest BCUT2D eigenvalue weighted by Crippen LogP contribution is 2.16. The van der Waals surface area contributed by atoms with Gasteiger partial charge in [-0.2, -0.15) is 0 Å². The summed E-state index contributed by atoms with van der Waals surface area (Å²) in [5, 5.41) is 10.2. The molecule has 2 aromatic rings. The van der Waals surface area contributed by atoms with Gasteiger partial charge in [-0.15, -0.1) is 0 Å². The van der Waals surface area contributed by atoms with E-state index in [9.17, 15) is 14.4 Å². The summed E-state index contributed by atoms with van der Waals surface area (Å²) in [6.07, 6.45) is 1.85. The summed E-state index contributed by atoms with van der Waals surface area (Å²) in [7, 11) is 0. The van der Waals surface area contributed by atoms with Crippen LogP contribution in [0.4, 0.5) is 10.5 Å². The molecular weight excluding hydrogens is 260 g/mol. The second-order valence-corrected chi connectivity index (χ2v) is 4.37. The first-order valence-electron chi connectivity index (χ1n) is 6.42. The van der Waals surface area contributed by atoms with Gasteiger partial charge < -0.3 is 10.6 Å². The van der Waals surface area contributed by atoms with Crippen molar-refractivity contribution < 1.29 is 4.79 Å². The molecule has 0 aliphatic rings. The van der Waals surface area contributed by atoms with Gasteiger partial charge in [0.1, 0.15) is 0 Å². The molecule has 7 nitrogen and oxygen atoms in total. The SMILES string of the molecule is CCCCNC(=O)Nc1cccc2c(=O)[nH][nH]c(=O)c12. The van der Waals surface area contributed by atoms with E-state index in [-0.39, 0.29) is 10.8 Å². The zero-order valence-corrected chi connectivity index (χ0v) is 11.1. The van der Waals surface area contributed by atoms with Crippen LogP contribution in [0.5, 0.6) is 0 Å². The molecule has 7 heteroatoms. The molecule has 0 bridgehead atoms. The van der Waals surface area contributed by atoms with Gasteiger partial charge in [-0.25, -0.2) is 4.79 Å². The third-order valence-electron chi connectivity index (χ3n) is 2.89. The van der Waals surface area contributed by atoms with E-state index < -0.39 is 17.1 Å². The zero-order chi connectivity index (χ0) is 14.5. The molecule has 1 heterocycles. The highest BCUT2D eigenvalue weighted by molar-refractivity contribution is 6.00. The van der Waals surface area contributed by atoms with E-state index >= 15 is 0 Å². The topological polar surface area (TPSA) is 107 Å². The third-order valence-corrected chi connectivity index (χ3v) is 2.89. The Labute approximate surface area is 114 Å². The standard InChI is InChI=1S/C13H16N4O3/c1-2-3-7-14-13(20)15-9-6-4-5-8-10(9)12(19)17-16-11(8)18/h4-6H,2-3,7H2,1H3,(H,16,18)(H,17,19)(H2,14,15,20). The molecule has 2 rings (SSSR count). The van der Waals surface area contributed by atoms with Gasteiger partial charge in [-0.1, -0.05) is 19.4 Å². The Hall–Kier alpha value is -2.57. The predicted molar refractivity (Wildman–Crippen MR) is 77.1 cm³/mol. The second kappa shape index (κ2) is 6.05. The van der Waals surface area contributed by atoms with Crippen molar-refractivity contribution in [2.24, 2.45) is 0 Å². The summed E-state index contributed by atoms with van der Waals surface area (Å²) in [6.45, 7) is 2.58. The largest absolute Gasteiger partial charge is 0.338 e. The maximum Gasteiger partial charge on any atom is 0.319 e. The van der Waals surface area contributed by atoms with E-state index in [2.05, 4.69) is 20.8 Å². The van der Waals surface area contributed by atoms with Crippen molar-refractivity contribution >= 4 is 22.5 Å². The number of aromatic nitrogens is 2. The van der Waals surface area contributed by atoms with E-state index in [4.69, 9.17) is 0 Å². The van der Waals surface area contributed by atoms with Crippen molar-refractivity contribution in [2.75, 3.05) is 11.9 Å². The molecule has 0 spiro atoms. The van der Waals surface area contributed by atoms with Crippen molar-refractivity contribution in [3.63, 3.8) is 0 Å². The van der Waals surface area contributed by atoms with E-state index in [1.54, 1.807) is 12.1 Å². The monoisotopic (exact) mass is 276 g/mol. The Balaban J connectivity index is 2.31. The Bertz CT molecular complexity index is 732. The quantitative estimate of drug-likeness (QED) is 0.629. The van der Waals surface area contributed by atoms with Gasteiger partial charge in [0, 0.05) is 6.54 Å². The molecule has 0 radical (unpaired) electrons. The number of hydrogen-bond donors (Lipinski definition) is 4. The summed E-state index contributed by atoms with van der Waals surface area (Å²) >= 11 is 0. The molecule has 0 fully saturated rings. The molecular formula is C13H16N4O3. The minimum Gasteiger partial charge on any atom is -0.338 e. The van der Waals surface area contributed by atoms with Gasteiger partial charge in [0.2, 0.25) is 0 Å². The molecule has 0 aliphatic carbocycles. The molecule has 20 heavy (non-hydrogen) atoms. The van der Waals surface area contributed by atoms with Gasteiger partial charge in [0.05, 0.1) is 16.5 Å². The Morgan fingerprint density at radius 2 is 1.95 bits per heavy atom. The molecule has 0 saturated carbocycles. The van der Waals surface area contributed by atoms with Crippen molar-refractivity contribution in [3.05, 3.63) is 38.9 Å². The molecule has 1 aromatic carbocycles. The van der Waals surface area contributed by atoms with Crippen LogP contribution >= 0.6 is 0 Å². The average Bonchev–Trinajstić information content (AvgIpc) is 2.43. The van der Waals surface area contributed by atoms with Crippen LogP contribution in [0.3, 0.4) is 0 Å². The molecule has 106 valence electrons. The fourth-order valence-corrected chi connectivity index (χ4v) is 1.88. The van der Waals surface area contributed by atoms with Crippen LogP contribution < -0.4 is 21.8 Å². The lowest BCUT2D eigenvalue weighted by Gasteiger charge is -2.08. The summed E-state index contributed by atoms with van der Waals surface area (Å²) < 4.78 is 0. The van der Waals surface area contributed by atoms with Crippen LogP contribution in [-0.4, -0.2) is 22.8 Å². The van der Waals surface area contributed by atoms with Crippen LogP contribution in [0, 0.1) is 0 Å². The maximum atomic E-state index is 11.8. The highest BCUT2D eigenvalue weighted by atomic mass is 16.2. The Morgan fingerprint density at radius 3 is 2.70 bits per heavy atom. The molecule has 2 amide bonds. The molecule has 0 unspecified atom stereocenters. The van der Waals surface area contributed by atoms with Crippen molar-refractivity contribution in [1.29, 1.82) is 0 Å². The van der Waals surface area contributed by atoms with Crippen LogP contribution in [0.15, 0.2) is 27.8 Å². The number of nitrogens with one attached hydrogen (secondary N) is 4. The van der Waals surface area contributed by atoms with Crippen molar-refractivity contribution in [3.8, 4) is 0 Å². The molecule has 4 N–H and O–H groups in total. The van der Waals surface area contributed by atoms with Crippen molar-refractivity contribution in [1.82, 2.24) is 15.5 Å². The fourth-order valence-electron chi connectivity index (χ4n) is 1.88. The minimum absolute atomic E-state index is 0.168. The van der Waals surface area contributed by atoms with Crippen LogP contribution in [0.2, 0.25) is 0 Å². The Kier molecular flexibility index (Phi) is 4.19. The molecule has 0 saturated heterocycles. The number of rotatable bonds is 4. The first-order valence-corrected chi connectivity index (χ1v) is 6.42. The van der Waals surface area contributed by atoms with E-state index in [0.29, 0.717) is 12.2 Å². The number of amides is 2. The number of H-pyrrole nitrogens is 2. The van der Waals surface area contributed by atoms with Gasteiger partial charge in [0.15, 0.2) is 0 Å². The second-order valence-electron chi connectivity index (χ2n) is 4.37. The summed E-state index contributed by atoms with van der Waals surface area (Å²) in [5.74, 6) is 0. The van der Waals surface area contributed by atoms with Crippen LogP contribution in [0.25, 0.3) is 10.8 Å².